The molecular formula is C18H20BrN3O3. The van der Waals surface area contributed by atoms with Crippen LogP contribution in [0.2, 0.25) is 0 Å². The molecule has 2 aromatic rings. The zero-order valence-corrected chi connectivity index (χ0v) is 15.7. The molecule has 0 aliphatic rings. The summed E-state index contributed by atoms with van der Waals surface area (Å²) in [7, 11) is 1.57. The van der Waals surface area contributed by atoms with Gasteiger partial charge in [-0.05, 0) is 64.3 Å². The third-order valence-corrected chi connectivity index (χ3v) is 3.84. The lowest BCUT2D eigenvalue weighted by molar-refractivity contribution is 0.0955. The number of nitrogen functional groups attached to an aromatic ring is 1. The van der Waals surface area contributed by atoms with Gasteiger partial charge in [0.1, 0.15) is 0 Å². The Morgan fingerprint density at radius 2 is 2.04 bits per heavy atom. The van der Waals surface area contributed by atoms with E-state index in [-0.39, 0.29) is 5.91 Å². The molecule has 0 unspecified atom stereocenters. The summed E-state index contributed by atoms with van der Waals surface area (Å²) in [6, 6.07) is 10.2. The summed E-state index contributed by atoms with van der Waals surface area (Å²) < 4.78 is 11.8. The van der Waals surface area contributed by atoms with Gasteiger partial charge in [0.25, 0.3) is 5.91 Å². The minimum atomic E-state index is -0.315. The first-order chi connectivity index (χ1) is 12.0. The van der Waals surface area contributed by atoms with Crippen LogP contribution in [0.1, 0.15) is 29.3 Å². The number of methoxy groups -OCH3 is 1. The summed E-state index contributed by atoms with van der Waals surface area (Å²) in [6.07, 6.45) is 2.43. The fraction of sp³-hybridized carbons (Fsp3) is 0.222. The highest BCUT2D eigenvalue weighted by Crippen LogP contribution is 2.36. The molecule has 132 valence electrons. The summed E-state index contributed by atoms with van der Waals surface area (Å²) in [4.78, 5) is 12.0. The molecule has 0 spiro atoms. The Balaban J connectivity index is 2.08. The second-order valence-corrected chi connectivity index (χ2v) is 6.06. The number of hydrazone groups is 1. The van der Waals surface area contributed by atoms with Crippen LogP contribution in [-0.4, -0.2) is 25.8 Å². The van der Waals surface area contributed by atoms with E-state index in [9.17, 15) is 4.79 Å². The zero-order valence-electron chi connectivity index (χ0n) is 14.1. The fourth-order valence-electron chi connectivity index (χ4n) is 2.02. The average Bonchev–Trinajstić information content (AvgIpc) is 2.61. The molecule has 0 atom stereocenters. The molecule has 0 fully saturated rings. The minimum Gasteiger partial charge on any atom is -0.493 e. The van der Waals surface area contributed by atoms with Crippen LogP contribution in [0.5, 0.6) is 11.5 Å². The van der Waals surface area contributed by atoms with Crippen LogP contribution >= 0.6 is 15.9 Å². The van der Waals surface area contributed by atoms with Crippen molar-refractivity contribution in [2.75, 3.05) is 19.5 Å². The van der Waals surface area contributed by atoms with Crippen molar-refractivity contribution in [3.8, 4) is 11.5 Å². The van der Waals surface area contributed by atoms with Gasteiger partial charge in [0.15, 0.2) is 11.5 Å². The quantitative estimate of drug-likeness (QED) is 0.418. The first-order valence-corrected chi connectivity index (χ1v) is 8.53. The molecule has 0 aliphatic carbocycles. The Morgan fingerprint density at radius 1 is 1.32 bits per heavy atom. The average molecular weight is 406 g/mol. The van der Waals surface area contributed by atoms with Gasteiger partial charge in [-0.15, -0.1) is 0 Å². The summed E-state index contributed by atoms with van der Waals surface area (Å²) in [5, 5.41) is 3.98. The Hall–Kier alpha value is -2.54. The van der Waals surface area contributed by atoms with Gasteiger partial charge in [0.2, 0.25) is 0 Å². The topological polar surface area (TPSA) is 85.9 Å². The van der Waals surface area contributed by atoms with Crippen LogP contribution < -0.4 is 20.6 Å². The van der Waals surface area contributed by atoms with Gasteiger partial charge >= 0.3 is 0 Å². The van der Waals surface area contributed by atoms with Gasteiger partial charge in [-0.25, -0.2) is 5.43 Å². The van der Waals surface area contributed by atoms with Crippen molar-refractivity contribution in [2.45, 2.75) is 13.3 Å². The Labute approximate surface area is 155 Å². The molecule has 0 aliphatic heterocycles. The number of carbonyl (C=O) groups is 1. The minimum absolute atomic E-state index is 0.315. The summed E-state index contributed by atoms with van der Waals surface area (Å²) in [5.74, 6) is 0.923. The van der Waals surface area contributed by atoms with E-state index >= 15 is 0 Å². The Morgan fingerprint density at radius 3 is 2.68 bits per heavy atom. The van der Waals surface area contributed by atoms with E-state index < -0.39 is 0 Å². The number of anilines is 1. The molecule has 7 heteroatoms. The standard InChI is InChI=1S/C18H20BrN3O3/c1-3-8-25-17-15(19)9-12(10-16(17)24-2)11-21-22-18(23)13-4-6-14(20)7-5-13/h4-7,9-11H,3,8,20H2,1-2H3,(H,22,23)/b21-11+. The van der Waals surface area contributed by atoms with Crippen LogP contribution in [-0.2, 0) is 0 Å². The van der Waals surface area contributed by atoms with Crippen molar-refractivity contribution in [2.24, 2.45) is 5.10 Å². The van der Waals surface area contributed by atoms with Gasteiger partial charge in [-0.1, -0.05) is 6.92 Å². The lowest BCUT2D eigenvalue weighted by Crippen LogP contribution is -2.17. The molecule has 0 heterocycles. The number of hydrogen-bond acceptors (Lipinski definition) is 5. The van der Waals surface area contributed by atoms with E-state index in [0.29, 0.717) is 29.4 Å². The van der Waals surface area contributed by atoms with Crippen LogP contribution in [0.3, 0.4) is 0 Å². The lowest BCUT2D eigenvalue weighted by Gasteiger charge is -2.12. The number of benzene rings is 2. The number of rotatable bonds is 7. The molecule has 3 N–H and O–H groups in total. The lowest BCUT2D eigenvalue weighted by atomic mass is 10.2. The van der Waals surface area contributed by atoms with Crippen molar-refractivity contribution in [1.29, 1.82) is 0 Å². The molecule has 2 rings (SSSR count). The van der Waals surface area contributed by atoms with Gasteiger partial charge in [-0.3, -0.25) is 4.79 Å². The highest BCUT2D eigenvalue weighted by atomic mass is 79.9. The number of hydrogen-bond donors (Lipinski definition) is 2. The number of carbonyl (C=O) groups excluding carboxylic acids is 1. The third kappa shape index (κ3) is 5.22. The molecule has 25 heavy (non-hydrogen) atoms. The number of ether oxygens (including phenoxy) is 2. The van der Waals surface area contributed by atoms with Crippen molar-refractivity contribution < 1.29 is 14.3 Å². The van der Waals surface area contributed by atoms with Gasteiger partial charge in [-0.2, -0.15) is 5.10 Å². The maximum atomic E-state index is 12.0. The summed E-state index contributed by atoms with van der Waals surface area (Å²) in [6.45, 7) is 2.63. The van der Waals surface area contributed by atoms with E-state index in [2.05, 4.69) is 26.5 Å². The highest BCUT2D eigenvalue weighted by Gasteiger charge is 2.11. The first kappa shape index (κ1) is 18.8. The molecule has 0 aromatic heterocycles. The van der Waals surface area contributed by atoms with Crippen LogP contribution in [0.25, 0.3) is 0 Å². The number of nitrogens with one attached hydrogen (secondary N) is 1. The Kier molecular flexibility index (Phi) is 6.82. The van der Waals surface area contributed by atoms with E-state index in [1.165, 1.54) is 6.21 Å². The number of nitrogens with zero attached hydrogens (tertiary/aromatic N) is 1. The first-order valence-electron chi connectivity index (χ1n) is 7.74. The molecule has 1 amide bonds. The summed E-state index contributed by atoms with van der Waals surface area (Å²) in [5.41, 5.74) is 9.91. The predicted octanol–water partition coefficient (Wildman–Crippen LogP) is 3.59. The largest absolute Gasteiger partial charge is 0.493 e. The van der Waals surface area contributed by atoms with Crippen LogP contribution in [0, 0.1) is 0 Å². The predicted molar refractivity (Wildman–Crippen MR) is 102 cm³/mol. The third-order valence-electron chi connectivity index (χ3n) is 3.25. The molecule has 6 nitrogen and oxygen atoms in total. The van der Waals surface area contributed by atoms with Crippen molar-refractivity contribution in [3.05, 3.63) is 52.0 Å². The van der Waals surface area contributed by atoms with Crippen molar-refractivity contribution in [3.63, 3.8) is 0 Å². The molecule has 0 saturated heterocycles. The number of nitrogens with two attached hydrogens (primary N) is 1. The van der Waals surface area contributed by atoms with Crippen molar-refractivity contribution in [1.82, 2.24) is 5.43 Å². The normalized spacial score (nSPS) is 10.7. The maximum absolute atomic E-state index is 12.0. The maximum Gasteiger partial charge on any atom is 0.271 e. The second-order valence-electron chi connectivity index (χ2n) is 5.20. The van der Waals surface area contributed by atoms with E-state index in [0.717, 1.165) is 16.5 Å². The second kappa shape index (κ2) is 9.08. The van der Waals surface area contributed by atoms with Gasteiger partial charge in [0, 0.05) is 11.3 Å². The molecule has 0 saturated carbocycles. The molecule has 0 radical (unpaired) electrons. The van der Waals surface area contributed by atoms with Gasteiger partial charge < -0.3 is 15.2 Å². The molecule has 0 bridgehead atoms. The molecular weight excluding hydrogens is 386 g/mol. The zero-order chi connectivity index (χ0) is 18.2. The molecule has 2 aromatic carbocycles. The van der Waals surface area contributed by atoms with Crippen LogP contribution in [0.4, 0.5) is 5.69 Å². The smallest absolute Gasteiger partial charge is 0.271 e. The van der Waals surface area contributed by atoms with E-state index in [4.69, 9.17) is 15.2 Å². The van der Waals surface area contributed by atoms with Crippen LogP contribution in [0.15, 0.2) is 46.0 Å². The fourth-order valence-corrected chi connectivity index (χ4v) is 2.60. The highest BCUT2D eigenvalue weighted by molar-refractivity contribution is 9.10. The monoisotopic (exact) mass is 405 g/mol. The van der Waals surface area contributed by atoms with Crippen molar-refractivity contribution >= 4 is 33.7 Å². The number of amides is 1. The SMILES string of the molecule is CCCOc1c(Br)cc(/C=N/NC(=O)c2ccc(N)cc2)cc1OC. The van der Waals surface area contributed by atoms with E-state index in [1.807, 2.05) is 13.0 Å². The van der Waals surface area contributed by atoms with E-state index in [1.54, 1.807) is 37.4 Å². The van der Waals surface area contributed by atoms with Gasteiger partial charge in [0.05, 0.1) is 24.4 Å². The number of halogens is 1. The summed E-state index contributed by atoms with van der Waals surface area (Å²) >= 11 is 3.47. The Bertz CT molecular complexity index is 761.